The van der Waals surface area contributed by atoms with E-state index < -0.39 is 0 Å². The Bertz CT molecular complexity index is 721. The fourth-order valence-corrected chi connectivity index (χ4v) is 3.51. The fraction of sp³-hybridized carbons (Fsp3) is 0.667. The molecule has 0 atom stereocenters. The van der Waals surface area contributed by atoms with Gasteiger partial charge in [-0.2, -0.15) is 4.98 Å². The smallest absolute Gasteiger partial charge is 0.263 e. The molecule has 1 amide bonds. The summed E-state index contributed by atoms with van der Waals surface area (Å²) in [7, 11) is 0. The van der Waals surface area contributed by atoms with Crippen LogP contribution in [0.5, 0.6) is 0 Å². The number of unbranched alkanes of at least 4 members (excludes halogenated alkanes) is 1. The minimum absolute atomic E-state index is 0.119. The molecule has 1 aliphatic rings. The molecule has 3 rings (SSSR count). The standard InChI is InChI=1S/C18H27N5O2/c1-4-6-9-22(5-2)18(24)14-7-10-23(11-8-14)16-15-13(3)21-25-17(15)20-12-19-16/h12,14H,4-11H2,1-3H3. The van der Waals surface area contributed by atoms with Gasteiger partial charge in [-0.3, -0.25) is 4.79 Å². The van der Waals surface area contributed by atoms with Crippen LogP contribution >= 0.6 is 0 Å². The van der Waals surface area contributed by atoms with Crippen molar-refractivity contribution in [3.63, 3.8) is 0 Å². The van der Waals surface area contributed by atoms with Crippen LogP contribution in [0.15, 0.2) is 10.9 Å². The van der Waals surface area contributed by atoms with E-state index in [2.05, 4.69) is 33.9 Å². The van der Waals surface area contributed by atoms with Crippen molar-refractivity contribution in [1.82, 2.24) is 20.0 Å². The van der Waals surface area contributed by atoms with Crippen molar-refractivity contribution in [2.24, 2.45) is 5.92 Å². The van der Waals surface area contributed by atoms with E-state index >= 15 is 0 Å². The summed E-state index contributed by atoms with van der Waals surface area (Å²) in [6, 6.07) is 0. The topological polar surface area (TPSA) is 75.4 Å². The Labute approximate surface area is 148 Å². The normalized spacial score (nSPS) is 15.7. The molecule has 136 valence electrons. The van der Waals surface area contributed by atoms with Gasteiger partial charge in [0.05, 0.1) is 5.69 Å². The molecule has 0 spiro atoms. The first-order chi connectivity index (χ1) is 12.2. The first-order valence-electron chi connectivity index (χ1n) is 9.26. The van der Waals surface area contributed by atoms with Gasteiger partial charge in [-0.25, -0.2) is 4.98 Å². The molecule has 1 saturated heterocycles. The van der Waals surface area contributed by atoms with Crippen LogP contribution in [0.3, 0.4) is 0 Å². The van der Waals surface area contributed by atoms with Crippen molar-refractivity contribution in [2.45, 2.75) is 46.5 Å². The lowest BCUT2D eigenvalue weighted by atomic mass is 9.95. The van der Waals surface area contributed by atoms with E-state index in [1.807, 2.05) is 11.8 Å². The highest BCUT2D eigenvalue weighted by molar-refractivity contribution is 5.88. The summed E-state index contributed by atoms with van der Waals surface area (Å²) >= 11 is 0. The number of carbonyl (C=O) groups excluding carboxylic acids is 1. The molecule has 1 aliphatic heterocycles. The second-order valence-electron chi connectivity index (χ2n) is 6.68. The second-order valence-corrected chi connectivity index (χ2v) is 6.68. The zero-order valence-corrected chi connectivity index (χ0v) is 15.4. The van der Waals surface area contributed by atoms with Crippen LogP contribution in [0.4, 0.5) is 5.82 Å². The van der Waals surface area contributed by atoms with Crippen LogP contribution < -0.4 is 4.90 Å². The Morgan fingerprint density at radius 1 is 1.32 bits per heavy atom. The number of piperidine rings is 1. The van der Waals surface area contributed by atoms with Gasteiger partial charge < -0.3 is 14.3 Å². The number of anilines is 1. The number of hydrogen-bond donors (Lipinski definition) is 0. The van der Waals surface area contributed by atoms with Crippen LogP contribution in [0.1, 0.15) is 45.2 Å². The summed E-state index contributed by atoms with van der Waals surface area (Å²) in [6.07, 6.45) is 5.42. The highest BCUT2D eigenvalue weighted by Gasteiger charge is 2.29. The van der Waals surface area contributed by atoms with E-state index in [0.717, 1.165) is 68.8 Å². The van der Waals surface area contributed by atoms with E-state index in [1.54, 1.807) is 0 Å². The molecule has 7 heteroatoms. The molecule has 1 fully saturated rings. The lowest BCUT2D eigenvalue weighted by Gasteiger charge is -2.34. The van der Waals surface area contributed by atoms with Crippen molar-refractivity contribution in [1.29, 1.82) is 0 Å². The SMILES string of the molecule is CCCCN(CC)C(=O)C1CCN(c2ncnc3onc(C)c23)CC1. The number of amides is 1. The third kappa shape index (κ3) is 3.60. The first kappa shape index (κ1) is 17.6. The molecule has 2 aromatic heterocycles. The number of rotatable bonds is 6. The van der Waals surface area contributed by atoms with E-state index in [1.165, 1.54) is 6.33 Å². The molecule has 3 heterocycles. The number of fused-ring (bicyclic) bond motifs is 1. The molecule has 0 saturated carbocycles. The number of nitrogens with zero attached hydrogens (tertiary/aromatic N) is 5. The Kier molecular flexibility index (Phi) is 5.50. The Balaban J connectivity index is 1.67. The molecule has 0 N–H and O–H groups in total. The van der Waals surface area contributed by atoms with Crippen LogP contribution in [0, 0.1) is 12.8 Å². The number of aromatic nitrogens is 3. The lowest BCUT2D eigenvalue weighted by Crippen LogP contribution is -2.43. The van der Waals surface area contributed by atoms with Gasteiger partial charge in [-0.15, -0.1) is 0 Å². The monoisotopic (exact) mass is 345 g/mol. The third-order valence-corrected chi connectivity index (χ3v) is 5.04. The van der Waals surface area contributed by atoms with Gasteiger partial charge in [0.15, 0.2) is 0 Å². The Morgan fingerprint density at radius 2 is 2.08 bits per heavy atom. The lowest BCUT2D eigenvalue weighted by molar-refractivity contribution is -0.136. The van der Waals surface area contributed by atoms with Gasteiger partial charge in [-0.1, -0.05) is 18.5 Å². The zero-order chi connectivity index (χ0) is 17.8. The predicted octanol–water partition coefficient (Wildman–Crippen LogP) is 2.79. The van der Waals surface area contributed by atoms with Gasteiger partial charge in [0, 0.05) is 32.1 Å². The number of hydrogen-bond acceptors (Lipinski definition) is 6. The maximum absolute atomic E-state index is 12.8. The molecular formula is C18H27N5O2. The second kappa shape index (κ2) is 7.80. The molecule has 25 heavy (non-hydrogen) atoms. The van der Waals surface area contributed by atoms with Crippen molar-refractivity contribution < 1.29 is 9.32 Å². The molecule has 0 unspecified atom stereocenters. The summed E-state index contributed by atoms with van der Waals surface area (Å²) in [4.78, 5) is 25.6. The Morgan fingerprint density at radius 3 is 2.76 bits per heavy atom. The molecule has 0 aromatic carbocycles. The van der Waals surface area contributed by atoms with Crippen molar-refractivity contribution in [2.75, 3.05) is 31.1 Å². The summed E-state index contributed by atoms with van der Waals surface area (Å²) in [5.41, 5.74) is 1.33. The van der Waals surface area contributed by atoms with Crippen LogP contribution in [-0.4, -0.2) is 52.1 Å². The van der Waals surface area contributed by atoms with Crippen LogP contribution in [0.2, 0.25) is 0 Å². The van der Waals surface area contributed by atoms with E-state index in [9.17, 15) is 4.79 Å². The van der Waals surface area contributed by atoms with Gasteiger partial charge >= 0.3 is 0 Å². The summed E-state index contributed by atoms with van der Waals surface area (Å²) in [5, 5.41) is 4.87. The quantitative estimate of drug-likeness (QED) is 0.801. The largest absolute Gasteiger partial charge is 0.356 e. The maximum atomic E-state index is 12.8. The number of carbonyl (C=O) groups is 1. The van der Waals surface area contributed by atoms with Gasteiger partial charge in [0.1, 0.15) is 17.5 Å². The fourth-order valence-electron chi connectivity index (χ4n) is 3.51. The summed E-state index contributed by atoms with van der Waals surface area (Å²) < 4.78 is 5.23. The van der Waals surface area contributed by atoms with Crippen LogP contribution in [-0.2, 0) is 4.79 Å². The summed E-state index contributed by atoms with van der Waals surface area (Å²) in [5.74, 6) is 1.30. The predicted molar refractivity (Wildman–Crippen MR) is 96.4 cm³/mol. The molecular weight excluding hydrogens is 318 g/mol. The van der Waals surface area contributed by atoms with Crippen LogP contribution in [0.25, 0.3) is 11.1 Å². The van der Waals surface area contributed by atoms with Crippen molar-refractivity contribution >= 4 is 22.8 Å². The van der Waals surface area contributed by atoms with Crippen molar-refractivity contribution in [3.05, 3.63) is 12.0 Å². The molecule has 2 aromatic rings. The highest BCUT2D eigenvalue weighted by atomic mass is 16.5. The highest BCUT2D eigenvalue weighted by Crippen LogP contribution is 2.29. The average molecular weight is 345 g/mol. The first-order valence-corrected chi connectivity index (χ1v) is 9.26. The van der Waals surface area contributed by atoms with Crippen molar-refractivity contribution in [3.8, 4) is 0 Å². The van der Waals surface area contributed by atoms with Gasteiger partial charge in [-0.05, 0) is 33.1 Å². The maximum Gasteiger partial charge on any atom is 0.263 e. The average Bonchev–Trinajstić information content (AvgIpc) is 3.03. The third-order valence-electron chi connectivity index (χ3n) is 5.04. The molecule has 0 aliphatic carbocycles. The van der Waals surface area contributed by atoms with E-state index in [4.69, 9.17) is 4.52 Å². The minimum atomic E-state index is 0.119. The number of aryl methyl sites for hydroxylation is 1. The van der Waals surface area contributed by atoms with Gasteiger partial charge in [0.2, 0.25) is 5.91 Å². The molecule has 0 radical (unpaired) electrons. The van der Waals surface area contributed by atoms with E-state index in [-0.39, 0.29) is 5.92 Å². The molecule has 0 bridgehead atoms. The zero-order valence-electron chi connectivity index (χ0n) is 15.4. The van der Waals surface area contributed by atoms with E-state index in [0.29, 0.717) is 11.6 Å². The molecule has 7 nitrogen and oxygen atoms in total. The minimum Gasteiger partial charge on any atom is -0.356 e. The Hall–Kier alpha value is -2.18. The summed E-state index contributed by atoms with van der Waals surface area (Å²) in [6.45, 7) is 9.43. The van der Waals surface area contributed by atoms with Gasteiger partial charge in [0.25, 0.3) is 5.71 Å².